The normalized spacial score (nSPS) is 17.6. The average molecular weight is 455 g/mol. The number of hydrogen-bond acceptors (Lipinski definition) is 3. The number of hydrogen-bond donors (Lipinski definition) is 2. The number of ketones is 1. The number of benzene rings is 3. The molecule has 2 heterocycles. The van der Waals surface area contributed by atoms with Crippen LogP contribution in [0.15, 0.2) is 84.6 Å². The first-order valence-electron chi connectivity index (χ1n) is 11.1. The van der Waals surface area contributed by atoms with Gasteiger partial charge in [0.2, 0.25) is 0 Å². The number of aryl methyl sites for hydroxylation is 1. The number of aliphatic hydroxyl groups excluding tert-OH is 1. The summed E-state index contributed by atoms with van der Waals surface area (Å²) in [5, 5.41) is 12.2. The number of para-hydroxylation sites is 1. The molecule has 0 saturated carbocycles. The molecule has 1 aromatic heterocycles. The highest BCUT2D eigenvalue weighted by Gasteiger charge is 2.45. The number of amides is 1. The molecule has 1 aliphatic heterocycles. The fourth-order valence-corrected chi connectivity index (χ4v) is 4.55. The molecule has 0 bridgehead atoms. The van der Waals surface area contributed by atoms with Gasteiger partial charge in [-0.3, -0.25) is 9.59 Å². The number of aliphatic hydroxyl groups is 1. The molecule has 6 heteroatoms. The van der Waals surface area contributed by atoms with Crippen molar-refractivity contribution in [2.75, 3.05) is 6.54 Å². The number of nitrogens with zero attached hydrogens (tertiary/aromatic N) is 1. The van der Waals surface area contributed by atoms with Gasteiger partial charge in [-0.15, -0.1) is 0 Å². The van der Waals surface area contributed by atoms with Crippen molar-refractivity contribution < 1.29 is 19.1 Å². The first-order valence-corrected chi connectivity index (χ1v) is 11.1. The molecule has 0 spiro atoms. The maximum absolute atomic E-state index is 13.7. The summed E-state index contributed by atoms with van der Waals surface area (Å²) in [5.41, 5.74) is 4.05. The summed E-state index contributed by atoms with van der Waals surface area (Å²) in [4.78, 5) is 31.0. The molecular weight excluding hydrogens is 431 g/mol. The third-order valence-electron chi connectivity index (χ3n) is 6.35. The largest absolute Gasteiger partial charge is 0.507 e. The van der Waals surface area contributed by atoms with Crippen LogP contribution in [-0.2, 0) is 16.0 Å². The molecule has 1 fully saturated rings. The lowest BCUT2D eigenvalue weighted by atomic mass is 9.95. The van der Waals surface area contributed by atoms with Crippen molar-refractivity contribution in [2.45, 2.75) is 19.4 Å². The van der Waals surface area contributed by atoms with Crippen LogP contribution >= 0.6 is 0 Å². The van der Waals surface area contributed by atoms with E-state index in [-0.39, 0.29) is 17.9 Å². The summed E-state index contributed by atoms with van der Waals surface area (Å²) < 4.78 is 13.7. The van der Waals surface area contributed by atoms with Crippen LogP contribution < -0.4 is 0 Å². The third-order valence-corrected chi connectivity index (χ3v) is 6.35. The lowest BCUT2D eigenvalue weighted by Gasteiger charge is -2.25. The van der Waals surface area contributed by atoms with Crippen LogP contribution in [0.5, 0.6) is 0 Å². The lowest BCUT2D eigenvalue weighted by molar-refractivity contribution is -0.139. The van der Waals surface area contributed by atoms with Crippen molar-refractivity contribution in [3.63, 3.8) is 0 Å². The van der Waals surface area contributed by atoms with Crippen molar-refractivity contribution in [1.29, 1.82) is 0 Å². The van der Waals surface area contributed by atoms with Crippen molar-refractivity contribution in [2.24, 2.45) is 0 Å². The molecule has 170 valence electrons. The summed E-state index contributed by atoms with van der Waals surface area (Å²) in [6.07, 6.45) is 2.42. The second-order valence-electron chi connectivity index (χ2n) is 8.52. The van der Waals surface area contributed by atoms with Crippen LogP contribution in [0.1, 0.15) is 28.3 Å². The molecule has 1 amide bonds. The third kappa shape index (κ3) is 3.77. The highest BCUT2D eigenvalue weighted by Crippen LogP contribution is 2.39. The summed E-state index contributed by atoms with van der Waals surface area (Å²) in [6.45, 7) is 2.19. The summed E-state index contributed by atoms with van der Waals surface area (Å²) in [6, 6.07) is 19.8. The Hall–Kier alpha value is -4.19. The number of aromatic amines is 1. The standard InChI is InChI=1S/C28H23FN2O3/c1-17-6-8-19(9-7-17)26(32)24-25(18-10-12-21(29)13-11-18)31(28(34)27(24)33)15-14-20-16-30-23-5-3-2-4-22(20)23/h2-13,16,25,30,32H,14-15H2,1H3/t25-/m0/s1. The SMILES string of the molecule is Cc1ccc(C(O)=C2C(=O)C(=O)N(CCc3c[nH]c4ccccc34)[C@H]2c2ccc(F)cc2)cc1. The molecule has 1 saturated heterocycles. The van der Waals surface area contributed by atoms with E-state index in [0.29, 0.717) is 17.5 Å². The van der Waals surface area contributed by atoms with Gasteiger partial charge < -0.3 is 15.0 Å². The van der Waals surface area contributed by atoms with Crippen LogP contribution in [0, 0.1) is 12.7 Å². The van der Waals surface area contributed by atoms with E-state index in [1.807, 2.05) is 49.5 Å². The van der Waals surface area contributed by atoms with E-state index in [2.05, 4.69) is 4.98 Å². The number of carbonyl (C=O) groups is 2. The van der Waals surface area contributed by atoms with Gasteiger partial charge in [0.25, 0.3) is 11.7 Å². The lowest BCUT2D eigenvalue weighted by Crippen LogP contribution is -2.31. The number of fused-ring (bicyclic) bond motifs is 1. The monoisotopic (exact) mass is 454 g/mol. The smallest absolute Gasteiger partial charge is 0.295 e. The van der Waals surface area contributed by atoms with Gasteiger partial charge in [0.15, 0.2) is 0 Å². The van der Waals surface area contributed by atoms with E-state index in [9.17, 15) is 19.1 Å². The Morgan fingerprint density at radius 1 is 1.00 bits per heavy atom. The van der Waals surface area contributed by atoms with E-state index in [1.165, 1.54) is 17.0 Å². The highest BCUT2D eigenvalue weighted by molar-refractivity contribution is 6.46. The van der Waals surface area contributed by atoms with Crippen molar-refractivity contribution in [3.05, 3.63) is 113 Å². The van der Waals surface area contributed by atoms with E-state index in [4.69, 9.17) is 0 Å². The number of rotatable bonds is 5. The molecule has 0 radical (unpaired) electrons. The van der Waals surface area contributed by atoms with Gasteiger partial charge in [0.05, 0.1) is 11.6 Å². The Labute approximate surface area is 196 Å². The van der Waals surface area contributed by atoms with E-state index < -0.39 is 23.5 Å². The van der Waals surface area contributed by atoms with Gasteiger partial charge in [-0.25, -0.2) is 4.39 Å². The predicted molar refractivity (Wildman–Crippen MR) is 129 cm³/mol. The first kappa shape index (κ1) is 21.6. The van der Waals surface area contributed by atoms with Gasteiger partial charge in [-0.1, -0.05) is 60.2 Å². The Morgan fingerprint density at radius 3 is 2.44 bits per heavy atom. The van der Waals surface area contributed by atoms with Crippen LogP contribution in [0.2, 0.25) is 0 Å². The summed E-state index contributed by atoms with van der Waals surface area (Å²) in [7, 11) is 0. The minimum Gasteiger partial charge on any atom is -0.507 e. The molecule has 2 N–H and O–H groups in total. The molecule has 3 aromatic carbocycles. The molecule has 5 rings (SSSR count). The second kappa shape index (κ2) is 8.63. The zero-order chi connectivity index (χ0) is 23.8. The Balaban J connectivity index is 1.56. The van der Waals surface area contributed by atoms with Crippen molar-refractivity contribution in [3.8, 4) is 0 Å². The van der Waals surface area contributed by atoms with Crippen molar-refractivity contribution >= 4 is 28.4 Å². The molecule has 1 aliphatic rings. The van der Waals surface area contributed by atoms with Gasteiger partial charge >= 0.3 is 0 Å². The number of halogens is 1. The van der Waals surface area contributed by atoms with E-state index in [0.717, 1.165) is 22.0 Å². The topological polar surface area (TPSA) is 73.4 Å². The fraction of sp³-hybridized carbons (Fsp3) is 0.143. The first-order chi connectivity index (χ1) is 16.4. The number of Topliss-reactive ketones (excluding diaryl/α,β-unsaturated/α-hetero) is 1. The van der Waals surface area contributed by atoms with Gasteiger partial charge in [-0.05, 0) is 42.7 Å². The number of aromatic nitrogens is 1. The minimum absolute atomic E-state index is 0.0133. The summed E-state index contributed by atoms with van der Waals surface area (Å²) >= 11 is 0. The molecule has 1 atom stereocenters. The molecule has 5 nitrogen and oxygen atoms in total. The van der Waals surface area contributed by atoms with Gasteiger partial charge in [0, 0.05) is 29.2 Å². The number of likely N-dealkylation sites (tertiary alicyclic amines) is 1. The van der Waals surface area contributed by atoms with Crippen LogP contribution in [0.3, 0.4) is 0 Å². The predicted octanol–water partition coefficient (Wildman–Crippen LogP) is 5.28. The molecule has 34 heavy (non-hydrogen) atoms. The van der Waals surface area contributed by atoms with Crippen molar-refractivity contribution in [1.82, 2.24) is 9.88 Å². The zero-order valence-corrected chi connectivity index (χ0v) is 18.6. The fourth-order valence-electron chi connectivity index (χ4n) is 4.55. The summed E-state index contributed by atoms with van der Waals surface area (Å²) in [5.74, 6) is -2.07. The minimum atomic E-state index is -0.813. The molecule has 4 aromatic rings. The van der Waals surface area contributed by atoms with Crippen LogP contribution in [0.25, 0.3) is 16.7 Å². The molecule has 0 unspecified atom stereocenters. The molecular formula is C28H23FN2O3. The van der Waals surface area contributed by atoms with Gasteiger partial charge in [-0.2, -0.15) is 0 Å². The quantitative estimate of drug-likeness (QED) is 0.245. The Bertz CT molecular complexity index is 1420. The zero-order valence-electron chi connectivity index (χ0n) is 18.6. The Kier molecular flexibility index (Phi) is 5.49. The van der Waals surface area contributed by atoms with E-state index >= 15 is 0 Å². The maximum atomic E-state index is 13.7. The molecule has 0 aliphatic carbocycles. The number of nitrogens with one attached hydrogen (secondary N) is 1. The highest BCUT2D eigenvalue weighted by atomic mass is 19.1. The maximum Gasteiger partial charge on any atom is 0.295 e. The second-order valence-corrected chi connectivity index (χ2v) is 8.52. The van der Waals surface area contributed by atoms with Crippen LogP contribution in [-0.4, -0.2) is 33.2 Å². The number of carbonyl (C=O) groups excluding carboxylic acids is 2. The van der Waals surface area contributed by atoms with Gasteiger partial charge in [0.1, 0.15) is 11.6 Å². The average Bonchev–Trinajstić information content (AvgIpc) is 3.37. The Morgan fingerprint density at radius 2 is 1.71 bits per heavy atom. The van der Waals surface area contributed by atoms with Crippen LogP contribution in [0.4, 0.5) is 4.39 Å². The van der Waals surface area contributed by atoms with E-state index in [1.54, 1.807) is 24.3 Å². The number of H-pyrrole nitrogens is 1.